The normalized spacial score (nSPS) is 18.3. The minimum absolute atomic E-state index is 0.0832. The van der Waals surface area contributed by atoms with Gasteiger partial charge in [0, 0.05) is 5.41 Å². The molecule has 1 atom stereocenters. The Bertz CT molecular complexity index is 481. The second kappa shape index (κ2) is 5.09. The highest BCUT2D eigenvalue weighted by Crippen LogP contribution is 2.35. The Labute approximate surface area is 112 Å². The number of ether oxygens (including phenoxy) is 3. The number of methoxy groups -OCH3 is 1. The predicted molar refractivity (Wildman–Crippen MR) is 68.2 cm³/mol. The number of esters is 1. The van der Waals surface area contributed by atoms with Gasteiger partial charge in [-0.2, -0.15) is 0 Å². The van der Waals surface area contributed by atoms with Gasteiger partial charge in [0.25, 0.3) is 0 Å². The van der Waals surface area contributed by atoms with Crippen LogP contribution in [-0.4, -0.2) is 31.4 Å². The smallest absolute Gasteiger partial charge is 0.339 e. The summed E-state index contributed by atoms with van der Waals surface area (Å²) in [6.45, 7) is 5.16. The Hall–Kier alpha value is -1.75. The van der Waals surface area contributed by atoms with E-state index in [0.717, 1.165) is 0 Å². The van der Waals surface area contributed by atoms with Gasteiger partial charge in [0.2, 0.25) is 0 Å². The molecule has 0 amide bonds. The van der Waals surface area contributed by atoms with E-state index in [0.29, 0.717) is 30.3 Å². The van der Waals surface area contributed by atoms with Crippen molar-refractivity contribution in [3.05, 3.63) is 23.8 Å². The lowest BCUT2D eigenvalue weighted by Crippen LogP contribution is -2.26. The maximum atomic E-state index is 11.3. The van der Waals surface area contributed by atoms with Crippen molar-refractivity contribution in [3.8, 4) is 11.5 Å². The number of fused-ring (bicyclic) bond motifs is 1. The molecule has 0 aromatic heterocycles. The van der Waals surface area contributed by atoms with Crippen molar-refractivity contribution in [3.63, 3.8) is 0 Å². The van der Waals surface area contributed by atoms with Crippen molar-refractivity contribution in [1.29, 1.82) is 0 Å². The van der Waals surface area contributed by atoms with Crippen molar-refractivity contribution in [2.45, 2.75) is 20.0 Å². The summed E-state index contributed by atoms with van der Waals surface area (Å²) >= 11 is 0. The van der Waals surface area contributed by atoms with Gasteiger partial charge in [-0.1, -0.05) is 19.9 Å². The molecule has 0 bridgehead atoms. The van der Waals surface area contributed by atoms with Crippen molar-refractivity contribution in [2.24, 2.45) is 5.41 Å². The molecule has 2 rings (SSSR count). The van der Waals surface area contributed by atoms with Crippen LogP contribution in [-0.2, 0) is 9.53 Å². The number of benzene rings is 1. The van der Waals surface area contributed by atoms with Crippen LogP contribution in [0.2, 0.25) is 0 Å². The van der Waals surface area contributed by atoms with Gasteiger partial charge in [-0.3, -0.25) is 0 Å². The van der Waals surface area contributed by atoms with Crippen LogP contribution in [0.1, 0.15) is 25.5 Å². The Morgan fingerprint density at radius 1 is 1.32 bits per heavy atom. The first kappa shape index (κ1) is 13.7. The monoisotopic (exact) mass is 266 g/mol. The molecule has 1 N–H and O–H groups in total. The summed E-state index contributed by atoms with van der Waals surface area (Å²) in [6.07, 6.45) is -1.31. The number of hydrogen-bond acceptors (Lipinski definition) is 5. The summed E-state index contributed by atoms with van der Waals surface area (Å²) in [5.74, 6) is 0.451. The molecule has 0 spiro atoms. The third kappa shape index (κ3) is 2.98. The zero-order valence-corrected chi connectivity index (χ0v) is 11.3. The molecule has 1 aromatic rings. The fourth-order valence-electron chi connectivity index (χ4n) is 1.76. The summed E-state index contributed by atoms with van der Waals surface area (Å²) in [7, 11) is 1.23. The molecular weight excluding hydrogens is 248 g/mol. The number of carbonyl (C=O) groups excluding carboxylic acids is 1. The van der Waals surface area contributed by atoms with Gasteiger partial charge in [-0.15, -0.1) is 0 Å². The lowest BCUT2D eigenvalue weighted by Gasteiger charge is -2.19. The second-order valence-corrected chi connectivity index (χ2v) is 5.37. The van der Waals surface area contributed by atoms with E-state index in [-0.39, 0.29) is 5.41 Å². The van der Waals surface area contributed by atoms with Gasteiger partial charge in [-0.05, 0) is 17.7 Å². The van der Waals surface area contributed by atoms with Crippen molar-refractivity contribution < 1.29 is 24.1 Å². The third-order valence-corrected chi connectivity index (χ3v) is 2.94. The van der Waals surface area contributed by atoms with Gasteiger partial charge in [-0.25, -0.2) is 4.79 Å². The molecular formula is C14H18O5. The molecule has 0 saturated carbocycles. The molecule has 0 radical (unpaired) electrons. The molecule has 0 saturated heterocycles. The standard InChI is InChI=1S/C14H18O5/c1-14(2)7-18-10-5-4-9(6-11(10)19-8-14)12(15)13(16)17-3/h4-6,12,15H,7-8H2,1-3H3. The minimum Gasteiger partial charge on any atom is -0.489 e. The fraction of sp³-hybridized carbons (Fsp3) is 0.500. The summed E-state index contributed by atoms with van der Waals surface area (Å²) in [6, 6.07) is 4.93. The summed E-state index contributed by atoms with van der Waals surface area (Å²) < 4.78 is 15.8. The Balaban J connectivity index is 2.25. The molecule has 5 nitrogen and oxygen atoms in total. The van der Waals surface area contributed by atoms with E-state index in [1.165, 1.54) is 7.11 Å². The van der Waals surface area contributed by atoms with Crippen LogP contribution in [0.4, 0.5) is 0 Å². The number of aliphatic hydroxyl groups excluding tert-OH is 1. The first-order chi connectivity index (χ1) is 8.93. The Kier molecular flexibility index (Phi) is 3.66. The van der Waals surface area contributed by atoms with E-state index >= 15 is 0 Å². The van der Waals surface area contributed by atoms with Gasteiger partial charge in [0.05, 0.1) is 20.3 Å². The molecule has 19 heavy (non-hydrogen) atoms. The van der Waals surface area contributed by atoms with Crippen LogP contribution in [0, 0.1) is 5.41 Å². The lowest BCUT2D eigenvalue weighted by atomic mass is 9.97. The van der Waals surface area contributed by atoms with Crippen LogP contribution in [0.5, 0.6) is 11.5 Å². The lowest BCUT2D eigenvalue weighted by molar-refractivity contribution is -0.150. The second-order valence-electron chi connectivity index (χ2n) is 5.37. The average molecular weight is 266 g/mol. The quantitative estimate of drug-likeness (QED) is 0.825. The summed E-state index contributed by atoms with van der Waals surface area (Å²) in [4.78, 5) is 11.3. The SMILES string of the molecule is COC(=O)C(O)c1ccc2c(c1)OCC(C)(C)CO2. The molecule has 5 heteroatoms. The topological polar surface area (TPSA) is 65.0 Å². The highest BCUT2D eigenvalue weighted by atomic mass is 16.5. The zero-order chi connectivity index (χ0) is 14.0. The zero-order valence-electron chi connectivity index (χ0n) is 11.3. The Morgan fingerprint density at radius 3 is 2.58 bits per heavy atom. The van der Waals surface area contributed by atoms with Crippen molar-refractivity contribution in [2.75, 3.05) is 20.3 Å². The van der Waals surface area contributed by atoms with Gasteiger partial charge in [0.15, 0.2) is 17.6 Å². The fourth-order valence-corrected chi connectivity index (χ4v) is 1.76. The van der Waals surface area contributed by atoms with E-state index in [2.05, 4.69) is 4.74 Å². The van der Waals surface area contributed by atoms with Crippen LogP contribution in [0.25, 0.3) is 0 Å². The molecule has 0 aliphatic carbocycles. The number of rotatable bonds is 2. The first-order valence-electron chi connectivity index (χ1n) is 6.08. The van der Waals surface area contributed by atoms with E-state index in [9.17, 15) is 9.90 Å². The van der Waals surface area contributed by atoms with E-state index in [1.54, 1.807) is 18.2 Å². The molecule has 104 valence electrons. The maximum Gasteiger partial charge on any atom is 0.339 e. The molecule has 0 fully saturated rings. The largest absolute Gasteiger partial charge is 0.489 e. The van der Waals surface area contributed by atoms with Crippen molar-refractivity contribution >= 4 is 5.97 Å². The minimum atomic E-state index is -1.31. The van der Waals surface area contributed by atoms with E-state index in [4.69, 9.17) is 9.47 Å². The highest BCUT2D eigenvalue weighted by Gasteiger charge is 2.26. The van der Waals surface area contributed by atoms with Crippen LogP contribution < -0.4 is 9.47 Å². The average Bonchev–Trinajstić information content (AvgIpc) is 2.56. The number of hydrogen-bond donors (Lipinski definition) is 1. The van der Waals surface area contributed by atoms with Gasteiger partial charge >= 0.3 is 5.97 Å². The van der Waals surface area contributed by atoms with Crippen LogP contribution in [0.3, 0.4) is 0 Å². The van der Waals surface area contributed by atoms with Crippen LogP contribution in [0.15, 0.2) is 18.2 Å². The van der Waals surface area contributed by atoms with Gasteiger partial charge < -0.3 is 19.3 Å². The Morgan fingerprint density at radius 2 is 1.95 bits per heavy atom. The molecule has 1 heterocycles. The van der Waals surface area contributed by atoms with E-state index in [1.807, 2.05) is 13.8 Å². The first-order valence-corrected chi connectivity index (χ1v) is 6.08. The molecule has 1 aliphatic heterocycles. The molecule has 1 aromatic carbocycles. The van der Waals surface area contributed by atoms with Crippen molar-refractivity contribution in [1.82, 2.24) is 0 Å². The molecule has 1 unspecified atom stereocenters. The third-order valence-electron chi connectivity index (χ3n) is 2.94. The van der Waals surface area contributed by atoms with Crippen LogP contribution >= 0.6 is 0 Å². The van der Waals surface area contributed by atoms with Gasteiger partial charge in [0.1, 0.15) is 0 Å². The summed E-state index contributed by atoms with van der Waals surface area (Å²) in [5.41, 5.74) is 0.342. The maximum absolute atomic E-state index is 11.3. The predicted octanol–water partition coefficient (Wildman–Crippen LogP) is 1.69. The highest BCUT2D eigenvalue weighted by molar-refractivity contribution is 5.76. The summed E-state index contributed by atoms with van der Waals surface area (Å²) in [5, 5.41) is 9.79. The number of aliphatic hydroxyl groups is 1. The molecule has 1 aliphatic rings. The van der Waals surface area contributed by atoms with E-state index < -0.39 is 12.1 Å². The number of carbonyl (C=O) groups is 1.